The van der Waals surface area contributed by atoms with Crippen LogP contribution in [0.1, 0.15) is 36.5 Å². The second-order valence-electron chi connectivity index (χ2n) is 9.14. The minimum atomic E-state index is -1.62. The number of carbonyl (C=O) groups excluding carboxylic acids is 1. The van der Waals surface area contributed by atoms with Crippen molar-refractivity contribution in [1.82, 2.24) is 9.55 Å². The lowest BCUT2D eigenvalue weighted by atomic mass is 9.85. The van der Waals surface area contributed by atoms with Crippen molar-refractivity contribution in [1.29, 1.82) is 0 Å². The first-order valence-electron chi connectivity index (χ1n) is 11.4. The first-order chi connectivity index (χ1) is 17.2. The zero-order chi connectivity index (χ0) is 25.4. The van der Waals surface area contributed by atoms with Gasteiger partial charge in [0, 0.05) is 28.6 Å². The van der Waals surface area contributed by atoms with E-state index in [0.717, 1.165) is 12.1 Å². The van der Waals surface area contributed by atoms with Gasteiger partial charge in [-0.15, -0.1) is 0 Å². The van der Waals surface area contributed by atoms with E-state index in [2.05, 4.69) is 4.98 Å². The fourth-order valence-electron chi connectivity index (χ4n) is 5.26. The molecule has 0 bridgehead atoms. The van der Waals surface area contributed by atoms with E-state index < -0.39 is 34.6 Å². The van der Waals surface area contributed by atoms with Crippen molar-refractivity contribution in [2.45, 2.75) is 38.5 Å². The zero-order valence-electron chi connectivity index (χ0n) is 19.1. The van der Waals surface area contributed by atoms with Crippen LogP contribution in [-0.2, 0) is 28.3 Å². The maximum atomic E-state index is 15.1. The van der Waals surface area contributed by atoms with Gasteiger partial charge in [-0.1, -0.05) is 19.1 Å². The Morgan fingerprint density at radius 1 is 1.06 bits per heavy atom. The van der Waals surface area contributed by atoms with Crippen LogP contribution < -0.4 is 5.56 Å². The number of nitrogens with zero attached hydrogens (tertiary/aromatic N) is 2. The molecule has 182 valence electrons. The molecule has 9 heteroatoms. The van der Waals surface area contributed by atoms with Crippen LogP contribution in [0.15, 0.2) is 47.3 Å². The van der Waals surface area contributed by atoms with Crippen LogP contribution in [0.5, 0.6) is 0 Å². The number of aromatic nitrogens is 2. The summed E-state index contributed by atoms with van der Waals surface area (Å²) >= 11 is 0. The molecule has 2 aliphatic heterocycles. The molecule has 0 radical (unpaired) electrons. The molecule has 0 aliphatic carbocycles. The number of ether oxygens (including phenoxy) is 1. The standard InChI is InChI=1S/C27H19F3N2O4/c1-2-27(35)10-22(33)36-12-17-18(27)9-21-25-16(11-32(21)26(17)34)23(13-3-5-14(28)6-4-13)24-19(30)7-15(29)8-20(24)31-25/h3-9,35H,2,10-12H2,1H3/t27-/m1/s1. The zero-order valence-corrected chi connectivity index (χ0v) is 19.1. The second-order valence-corrected chi connectivity index (χ2v) is 9.14. The molecule has 1 atom stereocenters. The highest BCUT2D eigenvalue weighted by atomic mass is 19.1. The SMILES string of the molecule is CC[C@@]1(O)CC(=O)OCc2c1cc1n(c2=O)Cc2c-1nc1cc(F)cc(F)c1c2-c1ccc(F)cc1. The summed E-state index contributed by atoms with van der Waals surface area (Å²) in [6, 6.07) is 8.92. The number of rotatable bonds is 2. The van der Waals surface area contributed by atoms with Gasteiger partial charge in [0.25, 0.3) is 5.56 Å². The van der Waals surface area contributed by atoms with Crippen LogP contribution in [0, 0.1) is 17.5 Å². The lowest BCUT2D eigenvalue weighted by Crippen LogP contribution is -2.32. The molecule has 4 heterocycles. The number of pyridine rings is 2. The molecular weight excluding hydrogens is 473 g/mol. The molecule has 2 aromatic carbocycles. The van der Waals surface area contributed by atoms with Gasteiger partial charge in [-0.2, -0.15) is 0 Å². The summed E-state index contributed by atoms with van der Waals surface area (Å²) in [5.41, 5.74) is 0.418. The smallest absolute Gasteiger partial charge is 0.309 e. The van der Waals surface area contributed by atoms with Crippen molar-refractivity contribution < 1.29 is 27.8 Å². The van der Waals surface area contributed by atoms with Gasteiger partial charge in [-0.25, -0.2) is 18.2 Å². The number of cyclic esters (lactones) is 1. The topological polar surface area (TPSA) is 81.4 Å². The van der Waals surface area contributed by atoms with Crippen LogP contribution in [-0.4, -0.2) is 20.6 Å². The van der Waals surface area contributed by atoms with E-state index in [9.17, 15) is 23.5 Å². The van der Waals surface area contributed by atoms with Gasteiger partial charge in [0.1, 0.15) is 29.7 Å². The number of benzene rings is 2. The van der Waals surface area contributed by atoms with Crippen LogP contribution in [0.2, 0.25) is 0 Å². The summed E-state index contributed by atoms with van der Waals surface area (Å²) in [5, 5.41) is 11.3. The largest absolute Gasteiger partial charge is 0.460 e. The lowest BCUT2D eigenvalue weighted by molar-refractivity contribution is -0.149. The normalized spacial score (nSPS) is 18.4. The highest BCUT2D eigenvalue weighted by molar-refractivity contribution is 6.00. The summed E-state index contributed by atoms with van der Waals surface area (Å²) in [4.78, 5) is 30.2. The molecule has 2 aromatic heterocycles. The Balaban J connectivity index is 1.70. The number of esters is 1. The maximum Gasteiger partial charge on any atom is 0.309 e. The molecule has 6 rings (SSSR count). The first-order valence-corrected chi connectivity index (χ1v) is 11.4. The average molecular weight is 492 g/mol. The molecule has 0 fully saturated rings. The molecule has 4 aromatic rings. The predicted octanol–water partition coefficient (Wildman–Crippen LogP) is 4.55. The number of fused-ring (bicyclic) bond motifs is 5. The predicted molar refractivity (Wildman–Crippen MR) is 124 cm³/mol. The molecule has 36 heavy (non-hydrogen) atoms. The first kappa shape index (κ1) is 22.5. The molecular formula is C27H19F3N2O4. The number of hydrogen-bond donors (Lipinski definition) is 1. The average Bonchev–Trinajstić information content (AvgIpc) is 3.14. The Kier molecular flexibility index (Phi) is 4.85. The van der Waals surface area contributed by atoms with Gasteiger partial charge >= 0.3 is 5.97 Å². The fourth-order valence-corrected chi connectivity index (χ4v) is 5.26. The van der Waals surface area contributed by atoms with Gasteiger partial charge in [0.15, 0.2) is 0 Å². The van der Waals surface area contributed by atoms with Crippen molar-refractivity contribution in [3.63, 3.8) is 0 Å². The Hall–Kier alpha value is -3.98. The maximum absolute atomic E-state index is 15.1. The number of halogens is 3. The van der Waals surface area contributed by atoms with Gasteiger partial charge in [0.05, 0.1) is 35.4 Å². The van der Waals surface area contributed by atoms with Crippen molar-refractivity contribution in [2.24, 2.45) is 0 Å². The van der Waals surface area contributed by atoms with Crippen molar-refractivity contribution in [3.8, 4) is 22.5 Å². The molecule has 0 saturated heterocycles. The number of hydrogen-bond acceptors (Lipinski definition) is 5. The van der Waals surface area contributed by atoms with Gasteiger partial charge in [-0.05, 0) is 35.7 Å². The van der Waals surface area contributed by atoms with E-state index in [1.54, 1.807) is 13.0 Å². The Morgan fingerprint density at radius 2 is 1.81 bits per heavy atom. The third-order valence-electron chi connectivity index (χ3n) is 7.10. The van der Waals surface area contributed by atoms with Crippen molar-refractivity contribution in [2.75, 3.05) is 0 Å². The highest BCUT2D eigenvalue weighted by Gasteiger charge is 2.40. The van der Waals surface area contributed by atoms with Crippen LogP contribution in [0.3, 0.4) is 0 Å². The van der Waals surface area contributed by atoms with E-state index in [0.29, 0.717) is 28.1 Å². The molecule has 0 unspecified atom stereocenters. The molecule has 0 spiro atoms. The van der Waals surface area contributed by atoms with Gasteiger partial charge in [0.2, 0.25) is 0 Å². The quantitative estimate of drug-likeness (QED) is 0.366. The minimum absolute atomic E-state index is 0.0156. The second kappa shape index (κ2) is 7.76. The lowest BCUT2D eigenvalue weighted by Gasteiger charge is -2.26. The number of aliphatic hydroxyl groups is 1. The monoisotopic (exact) mass is 492 g/mol. The van der Waals surface area contributed by atoms with E-state index in [1.165, 1.54) is 28.8 Å². The molecule has 1 N–H and O–H groups in total. The van der Waals surface area contributed by atoms with E-state index in [4.69, 9.17) is 4.74 Å². The van der Waals surface area contributed by atoms with E-state index >= 15 is 4.39 Å². The van der Waals surface area contributed by atoms with E-state index in [1.807, 2.05) is 0 Å². The molecule has 0 saturated carbocycles. The Labute approximate surface area is 202 Å². The van der Waals surface area contributed by atoms with Crippen LogP contribution in [0.4, 0.5) is 13.2 Å². The highest BCUT2D eigenvalue weighted by Crippen LogP contribution is 2.44. The fraction of sp³-hybridized carbons (Fsp3) is 0.222. The summed E-state index contributed by atoms with van der Waals surface area (Å²) in [6.07, 6.45) is -0.151. The third kappa shape index (κ3) is 3.19. The molecule has 2 aliphatic rings. The van der Waals surface area contributed by atoms with Gasteiger partial charge in [-0.3, -0.25) is 9.59 Å². The van der Waals surface area contributed by atoms with Crippen molar-refractivity contribution >= 4 is 16.9 Å². The van der Waals surface area contributed by atoms with E-state index in [-0.39, 0.29) is 48.0 Å². The Morgan fingerprint density at radius 3 is 2.53 bits per heavy atom. The van der Waals surface area contributed by atoms with Crippen LogP contribution >= 0.6 is 0 Å². The summed E-state index contributed by atoms with van der Waals surface area (Å²) in [7, 11) is 0. The minimum Gasteiger partial charge on any atom is -0.460 e. The molecule has 0 amide bonds. The van der Waals surface area contributed by atoms with Gasteiger partial charge < -0.3 is 14.4 Å². The van der Waals surface area contributed by atoms with Crippen LogP contribution in [0.25, 0.3) is 33.4 Å². The summed E-state index contributed by atoms with van der Waals surface area (Å²) in [6.45, 7) is 1.43. The number of carbonyl (C=O) groups is 1. The third-order valence-corrected chi connectivity index (χ3v) is 7.10. The molecule has 6 nitrogen and oxygen atoms in total. The summed E-state index contributed by atoms with van der Waals surface area (Å²) < 4.78 is 49.6. The van der Waals surface area contributed by atoms with Crippen molar-refractivity contribution in [3.05, 3.63) is 87.0 Å². The Bertz CT molecular complexity index is 1660. The summed E-state index contributed by atoms with van der Waals surface area (Å²) in [5.74, 6) is -2.73.